The molecule has 0 N–H and O–H groups in total. The van der Waals surface area contributed by atoms with E-state index in [1.165, 1.54) is 12.0 Å². The van der Waals surface area contributed by atoms with Crippen molar-refractivity contribution in [1.29, 1.82) is 0 Å². The topological polar surface area (TPSA) is 27.7 Å². The molecule has 0 saturated heterocycles. The van der Waals surface area contributed by atoms with E-state index in [2.05, 4.69) is 12.1 Å². The van der Waals surface area contributed by atoms with Crippen LogP contribution in [0, 0.1) is 5.92 Å². The lowest BCUT2D eigenvalue weighted by atomic mass is 9.86. The highest BCUT2D eigenvalue weighted by atomic mass is 16.7. The van der Waals surface area contributed by atoms with E-state index in [0.29, 0.717) is 18.6 Å². The van der Waals surface area contributed by atoms with Crippen LogP contribution < -0.4 is 0 Å². The summed E-state index contributed by atoms with van der Waals surface area (Å²) in [6.07, 6.45) is 4.75. The van der Waals surface area contributed by atoms with Gasteiger partial charge < -0.3 is 14.2 Å². The molecule has 2 atom stereocenters. The molecule has 1 aliphatic rings. The molecule has 1 aromatic rings. The van der Waals surface area contributed by atoms with E-state index in [0.717, 1.165) is 19.3 Å². The van der Waals surface area contributed by atoms with Crippen LogP contribution in [0.4, 0.5) is 0 Å². The zero-order valence-electron chi connectivity index (χ0n) is 11.9. The van der Waals surface area contributed by atoms with Crippen molar-refractivity contribution in [3.63, 3.8) is 0 Å². The van der Waals surface area contributed by atoms with Crippen molar-refractivity contribution in [3.8, 4) is 0 Å². The first-order chi connectivity index (χ1) is 9.33. The maximum atomic E-state index is 6.03. The summed E-state index contributed by atoms with van der Waals surface area (Å²) in [7, 11) is 3.42. The van der Waals surface area contributed by atoms with Crippen LogP contribution in [0.3, 0.4) is 0 Å². The van der Waals surface area contributed by atoms with Gasteiger partial charge in [-0.1, -0.05) is 36.8 Å². The van der Waals surface area contributed by atoms with Gasteiger partial charge in [-0.15, -0.1) is 0 Å². The average Bonchev–Trinajstić information content (AvgIpc) is 2.48. The summed E-state index contributed by atoms with van der Waals surface area (Å²) in [6.45, 7) is 0.697. The largest absolute Gasteiger partial charge is 0.374 e. The Morgan fingerprint density at radius 1 is 1.11 bits per heavy atom. The third-order valence-corrected chi connectivity index (χ3v) is 3.84. The van der Waals surface area contributed by atoms with E-state index < -0.39 is 0 Å². The van der Waals surface area contributed by atoms with Crippen molar-refractivity contribution >= 4 is 0 Å². The van der Waals surface area contributed by atoms with Gasteiger partial charge in [0.25, 0.3) is 0 Å². The van der Waals surface area contributed by atoms with Crippen LogP contribution in [0.2, 0.25) is 0 Å². The molecule has 0 aromatic heterocycles. The molecule has 1 aliphatic carbocycles. The zero-order valence-corrected chi connectivity index (χ0v) is 11.9. The first-order valence-corrected chi connectivity index (χ1v) is 7.04. The Hall–Kier alpha value is -0.900. The summed E-state index contributed by atoms with van der Waals surface area (Å²) in [4.78, 5) is 0. The molecule has 2 rings (SSSR count). The van der Waals surface area contributed by atoms with Crippen molar-refractivity contribution in [2.75, 3.05) is 14.2 Å². The minimum Gasteiger partial charge on any atom is -0.374 e. The van der Waals surface area contributed by atoms with Gasteiger partial charge in [-0.2, -0.15) is 0 Å². The van der Waals surface area contributed by atoms with Gasteiger partial charge >= 0.3 is 0 Å². The summed E-state index contributed by atoms with van der Waals surface area (Å²) in [5.41, 5.74) is 1.24. The minimum atomic E-state index is -0.0943. The highest BCUT2D eigenvalue weighted by Crippen LogP contribution is 2.30. The molecule has 3 heteroatoms. The second-order valence-corrected chi connectivity index (χ2v) is 5.19. The molecule has 0 heterocycles. The number of ether oxygens (including phenoxy) is 3. The van der Waals surface area contributed by atoms with Gasteiger partial charge in [0.1, 0.15) is 0 Å². The van der Waals surface area contributed by atoms with Gasteiger partial charge in [-0.25, -0.2) is 0 Å². The molecule has 0 amide bonds. The number of hydrogen-bond acceptors (Lipinski definition) is 3. The highest BCUT2D eigenvalue weighted by molar-refractivity contribution is 5.13. The first-order valence-electron chi connectivity index (χ1n) is 7.04. The Labute approximate surface area is 115 Å². The molecule has 1 saturated carbocycles. The molecular formula is C16H24O3. The van der Waals surface area contributed by atoms with Gasteiger partial charge in [0.05, 0.1) is 12.7 Å². The maximum Gasteiger partial charge on any atom is 0.159 e. The van der Waals surface area contributed by atoms with Crippen molar-refractivity contribution < 1.29 is 14.2 Å². The van der Waals surface area contributed by atoms with Crippen LogP contribution >= 0.6 is 0 Å². The van der Waals surface area contributed by atoms with Gasteiger partial charge in [-0.3, -0.25) is 0 Å². The minimum absolute atomic E-state index is 0.0943. The average molecular weight is 264 g/mol. The van der Waals surface area contributed by atoms with Crippen molar-refractivity contribution in [3.05, 3.63) is 35.9 Å². The Kier molecular flexibility index (Phi) is 5.83. The zero-order chi connectivity index (χ0) is 13.5. The molecule has 19 heavy (non-hydrogen) atoms. The van der Waals surface area contributed by atoms with Crippen LogP contribution in [0.1, 0.15) is 31.2 Å². The smallest absolute Gasteiger partial charge is 0.159 e. The lowest BCUT2D eigenvalue weighted by molar-refractivity contribution is -0.155. The Bertz CT molecular complexity index is 348. The lowest BCUT2D eigenvalue weighted by Crippen LogP contribution is -2.32. The summed E-state index contributed by atoms with van der Waals surface area (Å²) in [5, 5.41) is 0. The molecule has 0 unspecified atom stereocenters. The number of hydrogen-bond donors (Lipinski definition) is 0. The number of methoxy groups -OCH3 is 2. The van der Waals surface area contributed by atoms with E-state index in [9.17, 15) is 0 Å². The van der Waals surface area contributed by atoms with Crippen LogP contribution in [-0.4, -0.2) is 26.6 Å². The summed E-state index contributed by atoms with van der Waals surface area (Å²) < 4.78 is 16.8. The van der Waals surface area contributed by atoms with Crippen LogP contribution in [0.5, 0.6) is 0 Å². The number of benzene rings is 1. The molecule has 0 spiro atoms. The first kappa shape index (κ1) is 14.5. The summed E-state index contributed by atoms with van der Waals surface area (Å²) >= 11 is 0. The Morgan fingerprint density at radius 2 is 1.84 bits per heavy atom. The molecular weight excluding hydrogens is 240 g/mol. The second-order valence-electron chi connectivity index (χ2n) is 5.19. The molecule has 1 fully saturated rings. The maximum absolute atomic E-state index is 6.03. The van der Waals surface area contributed by atoms with Gasteiger partial charge in [-0.05, 0) is 24.8 Å². The molecule has 1 aromatic carbocycles. The third-order valence-electron chi connectivity index (χ3n) is 3.84. The summed E-state index contributed by atoms with van der Waals surface area (Å²) in [6, 6.07) is 10.3. The van der Waals surface area contributed by atoms with E-state index in [4.69, 9.17) is 14.2 Å². The predicted octanol–water partition coefficient (Wildman–Crippen LogP) is 3.38. The van der Waals surface area contributed by atoms with Crippen molar-refractivity contribution in [2.24, 2.45) is 5.92 Å². The fourth-order valence-corrected chi connectivity index (χ4v) is 2.85. The van der Waals surface area contributed by atoms with Crippen molar-refractivity contribution in [1.82, 2.24) is 0 Å². The predicted molar refractivity (Wildman–Crippen MR) is 74.8 cm³/mol. The molecule has 0 radical (unpaired) electrons. The SMILES string of the molecule is COC(OC)[C@H]1CCC[C@H](OCc2ccccc2)C1. The Morgan fingerprint density at radius 3 is 2.53 bits per heavy atom. The second kappa shape index (κ2) is 7.63. The van der Waals surface area contributed by atoms with E-state index in [-0.39, 0.29) is 6.29 Å². The summed E-state index contributed by atoms with van der Waals surface area (Å²) in [5.74, 6) is 0.449. The van der Waals surface area contributed by atoms with Gasteiger partial charge in [0, 0.05) is 20.1 Å². The van der Waals surface area contributed by atoms with Gasteiger partial charge in [0.15, 0.2) is 6.29 Å². The highest BCUT2D eigenvalue weighted by Gasteiger charge is 2.28. The van der Waals surface area contributed by atoms with Crippen molar-refractivity contribution in [2.45, 2.75) is 44.7 Å². The van der Waals surface area contributed by atoms with Crippen LogP contribution in [-0.2, 0) is 20.8 Å². The van der Waals surface area contributed by atoms with Gasteiger partial charge in [0.2, 0.25) is 0 Å². The van der Waals surface area contributed by atoms with Crippen LogP contribution in [0.15, 0.2) is 30.3 Å². The standard InChI is InChI=1S/C16H24O3/c1-17-16(18-2)14-9-6-10-15(11-14)19-12-13-7-4-3-5-8-13/h3-5,7-8,14-16H,6,9-12H2,1-2H3/t14-,15-/m0/s1. The molecule has 0 bridgehead atoms. The Balaban J connectivity index is 1.81. The monoisotopic (exact) mass is 264 g/mol. The number of rotatable bonds is 6. The third kappa shape index (κ3) is 4.30. The fourth-order valence-electron chi connectivity index (χ4n) is 2.85. The molecule has 0 aliphatic heterocycles. The molecule has 3 nitrogen and oxygen atoms in total. The fraction of sp³-hybridized carbons (Fsp3) is 0.625. The van der Waals surface area contributed by atoms with E-state index in [1.54, 1.807) is 14.2 Å². The molecule has 106 valence electrons. The quantitative estimate of drug-likeness (QED) is 0.737. The lowest BCUT2D eigenvalue weighted by Gasteiger charge is -2.32. The van der Waals surface area contributed by atoms with E-state index >= 15 is 0 Å². The van der Waals surface area contributed by atoms with E-state index in [1.807, 2.05) is 18.2 Å². The van der Waals surface area contributed by atoms with Crippen LogP contribution in [0.25, 0.3) is 0 Å². The normalized spacial score (nSPS) is 23.7.